The number of amides is 1. The molecule has 0 spiro atoms. The fraction of sp³-hybridized carbons (Fsp3) is 0.300. The standard InChI is InChI=1S/C20H24N6O4S/c1-5-6-15-12-18(27)23-20(21-15)26-17(11-13(2)24-26)22-19(28)14-7-9-16(10-8-14)31(29,30)25(3)4/h7-12H,5-6H2,1-4H3,(H,22,28)(H,21,23,27). The van der Waals surface area contributed by atoms with Crippen molar-refractivity contribution < 1.29 is 13.2 Å². The van der Waals surface area contributed by atoms with Gasteiger partial charge in [0.05, 0.1) is 10.6 Å². The molecule has 0 unspecified atom stereocenters. The maximum atomic E-state index is 12.7. The van der Waals surface area contributed by atoms with Gasteiger partial charge in [0, 0.05) is 37.5 Å². The molecule has 164 valence electrons. The van der Waals surface area contributed by atoms with Crippen LogP contribution >= 0.6 is 0 Å². The fourth-order valence-corrected chi connectivity index (χ4v) is 3.81. The maximum Gasteiger partial charge on any atom is 0.256 e. The minimum atomic E-state index is -3.59. The lowest BCUT2D eigenvalue weighted by molar-refractivity contribution is 0.102. The van der Waals surface area contributed by atoms with Crippen LogP contribution in [0.1, 0.15) is 35.1 Å². The molecule has 11 heteroatoms. The molecule has 0 saturated heterocycles. The Labute approximate surface area is 180 Å². The third-order valence-corrected chi connectivity index (χ3v) is 6.29. The van der Waals surface area contributed by atoms with E-state index in [0.29, 0.717) is 23.6 Å². The van der Waals surface area contributed by atoms with E-state index in [2.05, 4.69) is 20.4 Å². The van der Waals surface area contributed by atoms with Gasteiger partial charge in [-0.25, -0.2) is 17.7 Å². The number of carbonyl (C=O) groups excluding carboxylic acids is 1. The highest BCUT2D eigenvalue weighted by Crippen LogP contribution is 2.18. The average molecular weight is 445 g/mol. The second kappa shape index (κ2) is 8.82. The van der Waals surface area contributed by atoms with E-state index in [0.717, 1.165) is 10.7 Å². The largest absolute Gasteiger partial charge is 0.306 e. The highest BCUT2D eigenvalue weighted by molar-refractivity contribution is 7.89. The van der Waals surface area contributed by atoms with E-state index < -0.39 is 15.9 Å². The highest BCUT2D eigenvalue weighted by Gasteiger charge is 2.19. The Hall–Kier alpha value is -3.31. The van der Waals surface area contributed by atoms with Gasteiger partial charge in [-0.1, -0.05) is 13.3 Å². The first kappa shape index (κ1) is 22.4. The predicted molar refractivity (Wildman–Crippen MR) is 116 cm³/mol. The number of rotatable bonds is 7. The molecule has 10 nitrogen and oxygen atoms in total. The molecule has 0 fully saturated rings. The summed E-state index contributed by atoms with van der Waals surface area (Å²) < 4.78 is 26.8. The van der Waals surface area contributed by atoms with Gasteiger partial charge in [0.1, 0.15) is 5.82 Å². The molecule has 0 saturated carbocycles. The molecule has 1 amide bonds. The van der Waals surface area contributed by atoms with Crippen molar-refractivity contribution >= 4 is 21.7 Å². The van der Waals surface area contributed by atoms with E-state index in [4.69, 9.17) is 0 Å². The Bertz CT molecular complexity index is 1260. The normalized spacial score (nSPS) is 11.6. The molecule has 2 aromatic heterocycles. The average Bonchev–Trinajstić information content (AvgIpc) is 3.08. The summed E-state index contributed by atoms with van der Waals surface area (Å²) in [6.07, 6.45) is 1.47. The Morgan fingerprint density at radius 2 is 1.87 bits per heavy atom. The molecule has 31 heavy (non-hydrogen) atoms. The monoisotopic (exact) mass is 444 g/mol. The van der Waals surface area contributed by atoms with E-state index in [1.54, 1.807) is 13.0 Å². The number of aryl methyl sites for hydroxylation is 2. The summed E-state index contributed by atoms with van der Waals surface area (Å²) in [6.45, 7) is 3.74. The highest BCUT2D eigenvalue weighted by atomic mass is 32.2. The van der Waals surface area contributed by atoms with Crippen LogP contribution in [0.5, 0.6) is 0 Å². The number of carbonyl (C=O) groups is 1. The molecule has 0 aliphatic rings. The van der Waals surface area contributed by atoms with Gasteiger partial charge in [-0.15, -0.1) is 0 Å². The SMILES string of the molecule is CCCc1cc(=O)[nH]c(-n2nc(C)cc2NC(=O)c2ccc(S(=O)(=O)N(C)C)cc2)n1. The van der Waals surface area contributed by atoms with Crippen LogP contribution in [-0.2, 0) is 16.4 Å². The Kier molecular flexibility index (Phi) is 6.37. The molecule has 2 N–H and O–H groups in total. The number of aromatic amines is 1. The van der Waals surface area contributed by atoms with Gasteiger partial charge in [-0.2, -0.15) is 9.78 Å². The first-order valence-corrected chi connectivity index (χ1v) is 11.1. The van der Waals surface area contributed by atoms with E-state index in [1.807, 2.05) is 6.92 Å². The van der Waals surface area contributed by atoms with Crippen molar-refractivity contribution in [2.75, 3.05) is 19.4 Å². The van der Waals surface area contributed by atoms with E-state index >= 15 is 0 Å². The zero-order valence-corrected chi connectivity index (χ0v) is 18.5. The molecule has 0 bridgehead atoms. The summed E-state index contributed by atoms with van der Waals surface area (Å²) in [7, 11) is -0.710. The van der Waals surface area contributed by atoms with Gasteiger partial charge in [-0.05, 0) is 37.6 Å². The lowest BCUT2D eigenvalue weighted by atomic mass is 10.2. The number of H-pyrrole nitrogens is 1. The van der Waals surface area contributed by atoms with Crippen molar-refractivity contribution in [1.29, 1.82) is 0 Å². The number of benzene rings is 1. The van der Waals surface area contributed by atoms with Crippen molar-refractivity contribution in [1.82, 2.24) is 24.1 Å². The number of anilines is 1. The van der Waals surface area contributed by atoms with Crippen molar-refractivity contribution in [3.05, 3.63) is 63.7 Å². The zero-order valence-electron chi connectivity index (χ0n) is 17.7. The van der Waals surface area contributed by atoms with Crippen molar-refractivity contribution in [2.45, 2.75) is 31.6 Å². The van der Waals surface area contributed by atoms with Crippen molar-refractivity contribution in [2.24, 2.45) is 0 Å². The Morgan fingerprint density at radius 3 is 2.48 bits per heavy atom. The van der Waals surface area contributed by atoms with Crippen LogP contribution in [0.3, 0.4) is 0 Å². The molecule has 3 aromatic rings. The summed E-state index contributed by atoms with van der Waals surface area (Å²) in [4.78, 5) is 31.9. The van der Waals surface area contributed by atoms with Gasteiger partial charge in [0.15, 0.2) is 0 Å². The number of nitrogens with one attached hydrogen (secondary N) is 2. The van der Waals surface area contributed by atoms with E-state index in [1.165, 1.54) is 49.1 Å². The Balaban J connectivity index is 1.89. The summed E-state index contributed by atoms with van der Waals surface area (Å²) in [6, 6.07) is 8.70. The summed E-state index contributed by atoms with van der Waals surface area (Å²) in [5.41, 5.74) is 1.21. The van der Waals surface area contributed by atoms with E-state index in [9.17, 15) is 18.0 Å². The molecule has 3 rings (SSSR count). The van der Waals surface area contributed by atoms with E-state index in [-0.39, 0.29) is 22.0 Å². The smallest absolute Gasteiger partial charge is 0.256 e. The fourth-order valence-electron chi connectivity index (χ4n) is 2.91. The summed E-state index contributed by atoms with van der Waals surface area (Å²) >= 11 is 0. The van der Waals surface area contributed by atoms with Crippen LogP contribution in [0.4, 0.5) is 5.82 Å². The first-order chi connectivity index (χ1) is 14.6. The van der Waals surface area contributed by atoms with Gasteiger partial charge in [0.25, 0.3) is 11.5 Å². The van der Waals surface area contributed by atoms with Crippen LogP contribution < -0.4 is 10.9 Å². The summed E-state index contributed by atoms with van der Waals surface area (Å²) in [5, 5.41) is 7.06. The third kappa shape index (κ3) is 4.89. The molecule has 1 aromatic carbocycles. The number of sulfonamides is 1. The van der Waals surface area contributed by atoms with Crippen molar-refractivity contribution in [3.63, 3.8) is 0 Å². The minimum Gasteiger partial charge on any atom is -0.306 e. The van der Waals surface area contributed by atoms with Gasteiger partial charge < -0.3 is 5.32 Å². The maximum absolute atomic E-state index is 12.7. The zero-order chi connectivity index (χ0) is 22.8. The molecule has 0 atom stereocenters. The number of aromatic nitrogens is 4. The van der Waals surface area contributed by atoms with Crippen LogP contribution in [0.2, 0.25) is 0 Å². The van der Waals surface area contributed by atoms with Crippen LogP contribution in [0, 0.1) is 6.92 Å². The number of nitrogens with zero attached hydrogens (tertiary/aromatic N) is 4. The van der Waals surface area contributed by atoms with Crippen molar-refractivity contribution in [3.8, 4) is 5.95 Å². The van der Waals surface area contributed by atoms with Gasteiger partial charge >= 0.3 is 0 Å². The molecule has 0 radical (unpaired) electrons. The number of hydrogen-bond acceptors (Lipinski definition) is 6. The van der Waals surface area contributed by atoms with Gasteiger partial charge in [0.2, 0.25) is 16.0 Å². The van der Waals surface area contributed by atoms with Crippen LogP contribution in [-0.4, -0.2) is 52.5 Å². The predicted octanol–water partition coefficient (Wildman–Crippen LogP) is 1.72. The second-order valence-electron chi connectivity index (χ2n) is 7.16. The molecular formula is C20H24N6O4S. The lowest BCUT2D eigenvalue weighted by Gasteiger charge is -2.12. The molecule has 0 aliphatic carbocycles. The van der Waals surface area contributed by atoms with Crippen LogP contribution in [0.15, 0.2) is 46.1 Å². The molecule has 0 aliphatic heterocycles. The van der Waals surface area contributed by atoms with Crippen LogP contribution in [0.25, 0.3) is 5.95 Å². The topological polar surface area (TPSA) is 130 Å². The Morgan fingerprint density at radius 1 is 1.19 bits per heavy atom. The minimum absolute atomic E-state index is 0.0875. The van der Waals surface area contributed by atoms with Gasteiger partial charge in [-0.3, -0.25) is 14.6 Å². The lowest BCUT2D eigenvalue weighted by Crippen LogP contribution is -2.22. The third-order valence-electron chi connectivity index (χ3n) is 4.46. The molecular weight excluding hydrogens is 420 g/mol. The molecule has 2 heterocycles. The first-order valence-electron chi connectivity index (χ1n) is 9.63. The quantitative estimate of drug-likeness (QED) is 0.571. The number of hydrogen-bond donors (Lipinski definition) is 2. The summed E-state index contributed by atoms with van der Waals surface area (Å²) in [5.74, 6) is 0.0677. The second-order valence-corrected chi connectivity index (χ2v) is 9.31.